The highest BCUT2D eigenvalue weighted by molar-refractivity contribution is 9.10. The molecule has 2 aromatic heterocycles. The Balaban J connectivity index is 1.77. The molecular weight excluding hydrogens is 342 g/mol. The minimum atomic E-state index is -0.0321. The van der Waals surface area contributed by atoms with Crippen LogP contribution in [-0.2, 0) is 6.54 Å². The molecule has 0 aliphatic heterocycles. The average Bonchev–Trinajstić information content (AvgIpc) is 2.92. The molecule has 0 amide bonds. The zero-order valence-corrected chi connectivity index (χ0v) is 13.6. The summed E-state index contributed by atoms with van der Waals surface area (Å²) in [6, 6.07) is 9.37. The van der Waals surface area contributed by atoms with Crippen molar-refractivity contribution in [1.29, 1.82) is 0 Å². The third-order valence-corrected chi connectivity index (χ3v) is 3.72. The summed E-state index contributed by atoms with van der Waals surface area (Å²) >= 11 is 3.33. The molecule has 3 aromatic rings. The number of ketones is 1. The monoisotopic (exact) mass is 355 g/mol. The van der Waals surface area contributed by atoms with Crippen LogP contribution in [0.25, 0.3) is 0 Å². The predicted molar refractivity (Wildman–Crippen MR) is 87.9 cm³/mol. The Morgan fingerprint density at radius 3 is 2.55 bits per heavy atom. The summed E-state index contributed by atoms with van der Waals surface area (Å²) in [7, 11) is 0. The van der Waals surface area contributed by atoms with Crippen molar-refractivity contribution in [2.75, 3.05) is 0 Å². The first-order valence-corrected chi connectivity index (χ1v) is 7.64. The van der Waals surface area contributed by atoms with Crippen molar-refractivity contribution >= 4 is 21.7 Å². The van der Waals surface area contributed by atoms with Crippen LogP contribution in [-0.4, -0.2) is 20.5 Å². The van der Waals surface area contributed by atoms with E-state index in [4.69, 9.17) is 0 Å². The summed E-state index contributed by atoms with van der Waals surface area (Å²) < 4.78 is 2.67. The number of pyridine rings is 1. The van der Waals surface area contributed by atoms with E-state index < -0.39 is 0 Å². The van der Waals surface area contributed by atoms with Gasteiger partial charge in [-0.3, -0.25) is 14.5 Å². The number of carbonyl (C=O) groups is 1. The smallest absolute Gasteiger partial charge is 0.194 e. The summed E-state index contributed by atoms with van der Waals surface area (Å²) in [6.45, 7) is 2.71. The van der Waals surface area contributed by atoms with Crippen LogP contribution < -0.4 is 0 Å². The lowest BCUT2D eigenvalue weighted by Gasteiger charge is -2.05. The standard InChI is InChI=1S/C17H14BrN3O/c1-12-7-20-21(10-12)11-13-2-4-14(5-3-13)17(22)15-6-16(18)9-19-8-15/h2-10H,11H2,1H3. The minimum Gasteiger partial charge on any atom is -0.289 e. The molecule has 0 radical (unpaired) electrons. The molecule has 22 heavy (non-hydrogen) atoms. The van der Waals surface area contributed by atoms with Crippen LogP contribution >= 0.6 is 15.9 Å². The Labute approximate surface area is 136 Å². The van der Waals surface area contributed by atoms with Crippen molar-refractivity contribution in [2.24, 2.45) is 0 Å². The van der Waals surface area contributed by atoms with Gasteiger partial charge in [0, 0.05) is 34.2 Å². The number of hydrogen-bond acceptors (Lipinski definition) is 3. The zero-order valence-electron chi connectivity index (χ0n) is 12.0. The van der Waals surface area contributed by atoms with Crippen LogP contribution in [0.2, 0.25) is 0 Å². The van der Waals surface area contributed by atoms with Gasteiger partial charge < -0.3 is 0 Å². The molecule has 0 saturated carbocycles. The molecule has 5 heteroatoms. The number of hydrogen-bond donors (Lipinski definition) is 0. The molecule has 0 fully saturated rings. The summed E-state index contributed by atoms with van der Waals surface area (Å²) in [5.41, 5.74) is 3.46. The van der Waals surface area contributed by atoms with Crippen LogP contribution in [0.3, 0.4) is 0 Å². The number of nitrogens with zero attached hydrogens (tertiary/aromatic N) is 3. The molecule has 1 aromatic carbocycles. The Morgan fingerprint density at radius 2 is 1.91 bits per heavy atom. The fourth-order valence-corrected chi connectivity index (χ4v) is 2.57. The Bertz CT molecular complexity index is 809. The van der Waals surface area contributed by atoms with Crippen molar-refractivity contribution in [3.63, 3.8) is 0 Å². The van der Waals surface area contributed by atoms with E-state index in [1.54, 1.807) is 18.5 Å². The third-order valence-electron chi connectivity index (χ3n) is 3.29. The second kappa shape index (κ2) is 6.23. The normalized spacial score (nSPS) is 10.6. The number of carbonyl (C=O) groups excluding carboxylic acids is 1. The van der Waals surface area contributed by atoms with E-state index in [9.17, 15) is 4.79 Å². The van der Waals surface area contributed by atoms with Crippen molar-refractivity contribution in [2.45, 2.75) is 13.5 Å². The van der Waals surface area contributed by atoms with Crippen LogP contribution in [0.1, 0.15) is 27.0 Å². The Kier molecular flexibility index (Phi) is 4.15. The highest BCUT2D eigenvalue weighted by atomic mass is 79.9. The van der Waals surface area contributed by atoms with Gasteiger partial charge in [0.15, 0.2) is 5.78 Å². The molecule has 4 nitrogen and oxygen atoms in total. The zero-order chi connectivity index (χ0) is 15.5. The number of aromatic nitrogens is 3. The van der Waals surface area contributed by atoms with Gasteiger partial charge in [-0.15, -0.1) is 0 Å². The second-order valence-electron chi connectivity index (χ2n) is 5.13. The van der Waals surface area contributed by atoms with Crippen LogP contribution in [0, 0.1) is 6.92 Å². The minimum absolute atomic E-state index is 0.0321. The lowest BCUT2D eigenvalue weighted by molar-refractivity contribution is 0.103. The van der Waals surface area contributed by atoms with Crippen molar-refractivity contribution in [1.82, 2.24) is 14.8 Å². The van der Waals surface area contributed by atoms with Gasteiger partial charge in [-0.1, -0.05) is 24.3 Å². The molecule has 0 aliphatic rings. The lowest BCUT2D eigenvalue weighted by Crippen LogP contribution is -2.03. The van der Waals surface area contributed by atoms with Crippen molar-refractivity contribution in [3.05, 3.63) is 81.8 Å². The SMILES string of the molecule is Cc1cnn(Cc2ccc(C(=O)c3cncc(Br)c3)cc2)c1. The third kappa shape index (κ3) is 3.31. The van der Waals surface area contributed by atoms with E-state index >= 15 is 0 Å². The van der Waals surface area contributed by atoms with Gasteiger partial charge >= 0.3 is 0 Å². The van der Waals surface area contributed by atoms with Crippen molar-refractivity contribution < 1.29 is 4.79 Å². The summed E-state index contributed by atoms with van der Waals surface area (Å²) in [6.07, 6.45) is 7.06. The quantitative estimate of drug-likeness (QED) is 0.671. The average molecular weight is 356 g/mol. The maximum absolute atomic E-state index is 12.4. The van der Waals surface area contributed by atoms with E-state index in [-0.39, 0.29) is 5.78 Å². The van der Waals surface area contributed by atoms with Gasteiger partial charge in [0.05, 0.1) is 12.7 Å². The van der Waals surface area contributed by atoms with Crippen LogP contribution in [0.15, 0.2) is 59.6 Å². The summed E-state index contributed by atoms with van der Waals surface area (Å²) in [4.78, 5) is 16.4. The molecule has 3 rings (SSSR count). The van der Waals surface area contributed by atoms with Gasteiger partial charge in [0.25, 0.3) is 0 Å². The molecule has 110 valence electrons. The van der Waals surface area contributed by atoms with Gasteiger partial charge in [-0.2, -0.15) is 5.10 Å². The Morgan fingerprint density at radius 1 is 1.14 bits per heavy atom. The molecule has 0 unspecified atom stereocenters. The van der Waals surface area contributed by atoms with Crippen LogP contribution in [0.4, 0.5) is 0 Å². The van der Waals surface area contributed by atoms with Gasteiger partial charge in [-0.05, 0) is 40.0 Å². The number of rotatable bonds is 4. The highest BCUT2D eigenvalue weighted by Gasteiger charge is 2.10. The molecular formula is C17H14BrN3O. The topological polar surface area (TPSA) is 47.8 Å². The molecule has 0 aliphatic carbocycles. The van der Waals surface area contributed by atoms with Crippen LogP contribution in [0.5, 0.6) is 0 Å². The van der Waals surface area contributed by atoms with Gasteiger partial charge in [-0.25, -0.2) is 0 Å². The second-order valence-corrected chi connectivity index (χ2v) is 6.05. The van der Waals surface area contributed by atoms with Gasteiger partial charge in [0.2, 0.25) is 0 Å². The first-order chi connectivity index (χ1) is 10.6. The molecule has 0 N–H and O–H groups in total. The first-order valence-electron chi connectivity index (χ1n) is 6.85. The maximum atomic E-state index is 12.4. The predicted octanol–water partition coefficient (Wildman–Crippen LogP) is 3.63. The largest absolute Gasteiger partial charge is 0.289 e. The molecule has 0 saturated heterocycles. The van der Waals surface area contributed by atoms with E-state index in [2.05, 4.69) is 26.0 Å². The number of halogens is 1. The van der Waals surface area contributed by atoms with E-state index in [1.165, 1.54) is 0 Å². The fraction of sp³-hybridized carbons (Fsp3) is 0.118. The highest BCUT2D eigenvalue weighted by Crippen LogP contribution is 2.15. The van der Waals surface area contributed by atoms with E-state index in [1.807, 2.05) is 48.3 Å². The maximum Gasteiger partial charge on any atom is 0.194 e. The molecule has 0 spiro atoms. The first kappa shape index (κ1) is 14.7. The van der Waals surface area contributed by atoms with Crippen molar-refractivity contribution in [3.8, 4) is 0 Å². The lowest BCUT2D eigenvalue weighted by atomic mass is 10.0. The number of aryl methyl sites for hydroxylation is 1. The molecule has 2 heterocycles. The Hall–Kier alpha value is -2.27. The summed E-state index contributed by atoms with van der Waals surface area (Å²) in [5.74, 6) is -0.0321. The molecule has 0 atom stereocenters. The van der Waals surface area contributed by atoms with Gasteiger partial charge in [0.1, 0.15) is 0 Å². The molecule has 0 bridgehead atoms. The summed E-state index contributed by atoms with van der Waals surface area (Å²) in [5, 5.41) is 4.26. The van der Waals surface area contributed by atoms with E-state index in [0.29, 0.717) is 17.7 Å². The fourth-order valence-electron chi connectivity index (χ4n) is 2.20. The van der Waals surface area contributed by atoms with E-state index in [0.717, 1.165) is 15.6 Å². The number of benzene rings is 1.